The highest BCUT2D eigenvalue weighted by Crippen LogP contribution is 2.23. The Kier molecular flexibility index (Phi) is 3.95. The van der Waals surface area contributed by atoms with Crippen molar-refractivity contribution >= 4 is 17.5 Å². The third-order valence-corrected chi connectivity index (χ3v) is 2.73. The number of amides is 2. The van der Waals surface area contributed by atoms with Gasteiger partial charge in [0.1, 0.15) is 13.2 Å². The first kappa shape index (κ1) is 13.3. The Balaban J connectivity index is 2.42. The van der Waals surface area contributed by atoms with E-state index in [2.05, 4.69) is 11.8 Å². The molecular weight excluding hydrogens is 244 g/mol. The van der Waals surface area contributed by atoms with E-state index in [9.17, 15) is 9.59 Å². The first-order chi connectivity index (χ1) is 9.13. The Hall–Kier alpha value is -2.16. The fraction of sp³-hybridized carbons (Fsp3) is 0.286. The Morgan fingerprint density at radius 1 is 1.32 bits per heavy atom. The summed E-state index contributed by atoms with van der Waals surface area (Å²) in [4.78, 5) is 24.8. The van der Waals surface area contributed by atoms with Gasteiger partial charge in [-0.05, 0) is 24.6 Å². The minimum atomic E-state index is -0.358. The third kappa shape index (κ3) is 2.81. The van der Waals surface area contributed by atoms with Crippen LogP contribution in [0.15, 0.2) is 18.2 Å². The first-order valence-electron chi connectivity index (χ1n) is 5.86. The van der Waals surface area contributed by atoms with E-state index in [-0.39, 0.29) is 31.6 Å². The fourth-order valence-corrected chi connectivity index (χ4v) is 1.84. The highest BCUT2D eigenvalue weighted by molar-refractivity contribution is 6.17. The molecule has 0 atom stereocenters. The number of morpholine rings is 1. The first-order valence-corrected chi connectivity index (χ1v) is 5.86. The molecule has 0 aliphatic carbocycles. The van der Waals surface area contributed by atoms with Crippen LogP contribution < -0.4 is 10.6 Å². The monoisotopic (exact) mass is 258 g/mol. The van der Waals surface area contributed by atoms with E-state index in [1.807, 2.05) is 19.1 Å². The topological polar surface area (TPSA) is 72.6 Å². The van der Waals surface area contributed by atoms with E-state index in [4.69, 9.17) is 10.5 Å². The van der Waals surface area contributed by atoms with E-state index in [0.29, 0.717) is 5.69 Å². The van der Waals surface area contributed by atoms with Crippen molar-refractivity contribution in [3.05, 3.63) is 29.3 Å². The number of carbonyl (C=O) groups is 2. The zero-order valence-corrected chi connectivity index (χ0v) is 10.6. The smallest absolute Gasteiger partial charge is 0.259 e. The molecule has 5 heteroatoms. The Bertz CT molecular complexity index is 568. The molecule has 1 fully saturated rings. The second-order valence-corrected chi connectivity index (χ2v) is 4.12. The van der Waals surface area contributed by atoms with Crippen molar-refractivity contribution in [2.24, 2.45) is 5.73 Å². The molecule has 5 nitrogen and oxygen atoms in total. The van der Waals surface area contributed by atoms with Gasteiger partial charge in [-0.25, -0.2) is 4.90 Å². The van der Waals surface area contributed by atoms with Crippen LogP contribution in [0.1, 0.15) is 11.1 Å². The van der Waals surface area contributed by atoms with Gasteiger partial charge in [-0.15, -0.1) is 0 Å². The summed E-state index contributed by atoms with van der Waals surface area (Å²) in [5, 5.41) is 0. The highest BCUT2D eigenvalue weighted by Gasteiger charge is 2.29. The van der Waals surface area contributed by atoms with Crippen molar-refractivity contribution in [3.63, 3.8) is 0 Å². The van der Waals surface area contributed by atoms with E-state index in [0.717, 1.165) is 16.0 Å². The number of ether oxygens (including phenoxy) is 1. The minimum Gasteiger partial charge on any atom is -0.362 e. The lowest BCUT2D eigenvalue weighted by Gasteiger charge is -2.26. The van der Waals surface area contributed by atoms with Crippen LogP contribution in [-0.4, -0.2) is 31.6 Å². The number of aryl methyl sites for hydroxylation is 1. The SMILES string of the molecule is Cc1ccc(C#CCN)cc1N1C(=O)COCC1=O. The predicted octanol–water partition coefficient (Wildman–Crippen LogP) is 0.195. The zero-order chi connectivity index (χ0) is 13.8. The van der Waals surface area contributed by atoms with E-state index in [1.54, 1.807) is 6.07 Å². The van der Waals surface area contributed by atoms with Gasteiger partial charge in [0.2, 0.25) is 0 Å². The van der Waals surface area contributed by atoms with Crippen molar-refractivity contribution in [3.8, 4) is 11.8 Å². The molecule has 1 aromatic carbocycles. The summed E-state index contributed by atoms with van der Waals surface area (Å²) in [7, 11) is 0. The molecule has 0 saturated carbocycles. The number of imide groups is 1. The molecule has 0 bridgehead atoms. The largest absolute Gasteiger partial charge is 0.362 e. The summed E-state index contributed by atoms with van der Waals surface area (Å²) in [5.74, 6) is 4.91. The standard InChI is InChI=1S/C14H14N2O3/c1-10-4-5-11(3-2-6-15)7-12(10)16-13(17)8-19-9-14(16)18/h4-5,7H,6,8-9,15H2,1H3. The maximum absolute atomic E-state index is 11.8. The summed E-state index contributed by atoms with van der Waals surface area (Å²) in [6.45, 7) is 1.94. The number of carbonyl (C=O) groups excluding carboxylic acids is 2. The molecule has 1 aliphatic rings. The molecule has 1 heterocycles. The summed E-state index contributed by atoms with van der Waals surface area (Å²) in [6, 6.07) is 5.38. The molecule has 0 radical (unpaired) electrons. The van der Waals surface area contributed by atoms with Gasteiger partial charge in [-0.1, -0.05) is 17.9 Å². The average molecular weight is 258 g/mol. The molecule has 19 heavy (non-hydrogen) atoms. The number of rotatable bonds is 1. The van der Waals surface area contributed by atoms with Crippen LogP contribution in [0.5, 0.6) is 0 Å². The van der Waals surface area contributed by atoms with Crippen LogP contribution in [0.4, 0.5) is 5.69 Å². The molecule has 1 aromatic rings. The summed E-state index contributed by atoms with van der Waals surface area (Å²) < 4.78 is 4.90. The van der Waals surface area contributed by atoms with Crippen molar-refractivity contribution in [1.29, 1.82) is 0 Å². The van der Waals surface area contributed by atoms with Gasteiger partial charge in [0.15, 0.2) is 0 Å². The van der Waals surface area contributed by atoms with Crippen molar-refractivity contribution in [2.45, 2.75) is 6.92 Å². The van der Waals surface area contributed by atoms with Gasteiger partial charge in [0, 0.05) is 5.56 Å². The lowest BCUT2D eigenvalue weighted by atomic mass is 10.1. The number of nitrogens with zero attached hydrogens (tertiary/aromatic N) is 1. The Morgan fingerprint density at radius 3 is 2.63 bits per heavy atom. The van der Waals surface area contributed by atoms with Crippen molar-refractivity contribution in [2.75, 3.05) is 24.7 Å². The van der Waals surface area contributed by atoms with E-state index >= 15 is 0 Å². The molecule has 1 saturated heterocycles. The number of anilines is 1. The molecule has 0 aromatic heterocycles. The van der Waals surface area contributed by atoms with Crippen molar-refractivity contribution < 1.29 is 14.3 Å². The summed E-state index contributed by atoms with van der Waals surface area (Å²) in [5.41, 5.74) is 7.44. The number of benzene rings is 1. The second kappa shape index (κ2) is 5.65. The molecule has 98 valence electrons. The highest BCUT2D eigenvalue weighted by atomic mass is 16.5. The predicted molar refractivity (Wildman–Crippen MR) is 70.4 cm³/mol. The lowest BCUT2D eigenvalue weighted by molar-refractivity contribution is -0.138. The minimum absolute atomic E-state index is 0.0795. The number of hydrogen-bond acceptors (Lipinski definition) is 4. The quantitative estimate of drug-likeness (QED) is 0.576. The second-order valence-electron chi connectivity index (χ2n) is 4.12. The molecule has 1 aliphatic heterocycles. The summed E-state index contributed by atoms with van der Waals surface area (Å²) >= 11 is 0. The van der Waals surface area contributed by atoms with E-state index < -0.39 is 0 Å². The van der Waals surface area contributed by atoms with Crippen LogP contribution in [0.25, 0.3) is 0 Å². The summed E-state index contributed by atoms with van der Waals surface area (Å²) in [6.07, 6.45) is 0. The molecule has 0 spiro atoms. The maximum Gasteiger partial charge on any atom is 0.259 e. The normalized spacial score (nSPS) is 15.2. The van der Waals surface area contributed by atoms with Gasteiger partial charge in [0.05, 0.1) is 12.2 Å². The average Bonchev–Trinajstić information content (AvgIpc) is 2.39. The lowest BCUT2D eigenvalue weighted by Crippen LogP contribution is -2.46. The third-order valence-electron chi connectivity index (χ3n) is 2.73. The fourth-order valence-electron chi connectivity index (χ4n) is 1.84. The van der Waals surface area contributed by atoms with E-state index in [1.165, 1.54) is 0 Å². The van der Waals surface area contributed by atoms with Crippen LogP contribution in [-0.2, 0) is 14.3 Å². The van der Waals surface area contributed by atoms with Crippen molar-refractivity contribution in [1.82, 2.24) is 0 Å². The van der Waals surface area contributed by atoms with Gasteiger partial charge >= 0.3 is 0 Å². The van der Waals surface area contributed by atoms with Crippen LogP contribution >= 0.6 is 0 Å². The van der Waals surface area contributed by atoms with Crippen LogP contribution in [0, 0.1) is 18.8 Å². The molecule has 2 amide bonds. The van der Waals surface area contributed by atoms with Gasteiger partial charge < -0.3 is 10.5 Å². The van der Waals surface area contributed by atoms with Crippen LogP contribution in [0.3, 0.4) is 0 Å². The zero-order valence-electron chi connectivity index (χ0n) is 10.6. The molecule has 2 rings (SSSR count). The Morgan fingerprint density at radius 2 is 2.00 bits per heavy atom. The van der Waals surface area contributed by atoms with Crippen LogP contribution in [0.2, 0.25) is 0 Å². The van der Waals surface area contributed by atoms with Gasteiger partial charge in [0.25, 0.3) is 11.8 Å². The maximum atomic E-state index is 11.8. The number of hydrogen-bond donors (Lipinski definition) is 1. The van der Waals surface area contributed by atoms with Gasteiger partial charge in [-0.2, -0.15) is 0 Å². The molecular formula is C14H14N2O3. The number of nitrogens with two attached hydrogens (primary N) is 1. The van der Waals surface area contributed by atoms with Gasteiger partial charge in [-0.3, -0.25) is 9.59 Å². The molecule has 2 N–H and O–H groups in total. The molecule has 0 unspecified atom stereocenters. The Labute approximate surface area is 111 Å².